The Labute approximate surface area is 193 Å². The summed E-state index contributed by atoms with van der Waals surface area (Å²) in [6.45, 7) is 6.04. The number of furan rings is 1. The molecule has 0 radical (unpaired) electrons. The molecule has 0 aliphatic rings. The molecule has 0 saturated heterocycles. The van der Waals surface area contributed by atoms with Gasteiger partial charge >= 0.3 is 0 Å². The van der Waals surface area contributed by atoms with Crippen LogP contribution in [-0.2, 0) is 0 Å². The first-order valence-electron chi connectivity index (χ1n) is 10.00. The Kier molecular flexibility index (Phi) is 6.12. The minimum atomic E-state index is -0.213. The van der Waals surface area contributed by atoms with Crippen LogP contribution < -0.4 is 5.56 Å². The molecule has 0 N–H and O–H groups in total. The van der Waals surface area contributed by atoms with Gasteiger partial charge in [0.2, 0.25) is 0 Å². The van der Waals surface area contributed by atoms with Gasteiger partial charge in [-0.15, -0.1) is 0 Å². The first-order valence-corrected chi connectivity index (χ1v) is 11.2. The van der Waals surface area contributed by atoms with Crippen LogP contribution >= 0.6 is 27.5 Å². The van der Waals surface area contributed by atoms with E-state index in [9.17, 15) is 4.79 Å². The summed E-state index contributed by atoms with van der Waals surface area (Å²) in [5, 5.41) is 5.64. The predicted molar refractivity (Wildman–Crippen MR) is 129 cm³/mol. The number of benzene rings is 2. The van der Waals surface area contributed by atoms with Crippen molar-refractivity contribution in [3.63, 3.8) is 0 Å². The Morgan fingerprint density at radius 1 is 1.23 bits per heavy atom. The molecule has 5 nitrogen and oxygen atoms in total. The molecule has 4 rings (SSSR count). The van der Waals surface area contributed by atoms with Gasteiger partial charge in [0.15, 0.2) is 0 Å². The highest BCUT2D eigenvalue weighted by atomic mass is 79.9. The first kappa shape index (κ1) is 21.5. The Morgan fingerprint density at radius 3 is 2.77 bits per heavy atom. The summed E-state index contributed by atoms with van der Waals surface area (Å²) in [5.74, 6) is 1.90. The van der Waals surface area contributed by atoms with E-state index in [4.69, 9.17) is 21.0 Å². The van der Waals surface area contributed by atoms with Crippen molar-refractivity contribution in [1.82, 2.24) is 9.66 Å². The van der Waals surface area contributed by atoms with Gasteiger partial charge in [0.05, 0.1) is 17.1 Å². The molecule has 158 valence electrons. The van der Waals surface area contributed by atoms with E-state index in [-0.39, 0.29) is 11.5 Å². The highest BCUT2D eigenvalue weighted by Gasteiger charge is 2.16. The largest absolute Gasteiger partial charge is 0.455 e. The van der Waals surface area contributed by atoms with Gasteiger partial charge in [-0.05, 0) is 55.3 Å². The molecule has 31 heavy (non-hydrogen) atoms. The van der Waals surface area contributed by atoms with Gasteiger partial charge in [0, 0.05) is 21.0 Å². The lowest BCUT2D eigenvalue weighted by atomic mass is 10.1. The van der Waals surface area contributed by atoms with Crippen molar-refractivity contribution in [3.05, 3.63) is 85.5 Å². The summed E-state index contributed by atoms with van der Waals surface area (Å²) < 4.78 is 8.09. The third kappa shape index (κ3) is 4.36. The summed E-state index contributed by atoms with van der Waals surface area (Å²) in [7, 11) is 0. The summed E-state index contributed by atoms with van der Waals surface area (Å²) in [5.41, 5.74) is 2.33. The van der Waals surface area contributed by atoms with E-state index in [1.54, 1.807) is 6.07 Å². The van der Waals surface area contributed by atoms with Crippen LogP contribution in [0.1, 0.15) is 43.3 Å². The van der Waals surface area contributed by atoms with Crippen molar-refractivity contribution in [2.75, 3.05) is 0 Å². The minimum absolute atomic E-state index is 0.0692. The van der Waals surface area contributed by atoms with Gasteiger partial charge in [-0.3, -0.25) is 4.79 Å². The van der Waals surface area contributed by atoms with E-state index < -0.39 is 0 Å². The van der Waals surface area contributed by atoms with Crippen molar-refractivity contribution >= 4 is 44.6 Å². The molecule has 0 fully saturated rings. The fourth-order valence-electron chi connectivity index (χ4n) is 3.22. The summed E-state index contributed by atoms with van der Waals surface area (Å²) >= 11 is 9.66. The molecule has 0 aliphatic heterocycles. The van der Waals surface area contributed by atoms with E-state index in [1.165, 1.54) is 10.9 Å². The van der Waals surface area contributed by atoms with Gasteiger partial charge < -0.3 is 4.42 Å². The number of nitrogens with zero attached hydrogens (tertiary/aromatic N) is 3. The number of rotatable bonds is 5. The molecule has 0 unspecified atom stereocenters. The fraction of sp³-hybridized carbons (Fsp3) is 0.208. The second-order valence-corrected chi connectivity index (χ2v) is 8.79. The maximum Gasteiger partial charge on any atom is 0.282 e. The highest BCUT2D eigenvalue weighted by Crippen LogP contribution is 2.27. The van der Waals surface area contributed by atoms with Crippen molar-refractivity contribution in [2.45, 2.75) is 33.1 Å². The molecule has 0 saturated carbocycles. The summed E-state index contributed by atoms with van der Waals surface area (Å²) in [6, 6.07) is 14.9. The van der Waals surface area contributed by atoms with Crippen LogP contribution in [-0.4, -0.2) is 15.9 Å². The van der Waals surface area contributed by atoms with Crippen LogP contribution in [0, 0.1) is 6.92 Å². The molecule has 4 aromatic rings. The lowest BCUT2D eigenvalue weighted by Crippen LogP contribution is -2.23. The number of fused-ring (bicyclic) bond motifs is 1. The van der Waals surface area contributed by atoms with E-state index in [0.29, 0.717) is 33.3 Å². The molecule has 7 heteroatoms. The zero-order valence-corrected chi connectivity index (χ0v) is 19.7. The van der Waals surface area contributed by atoms with Crippen LogP contribution in [0.3, 0.4) is 0 Å². The zero-order valence-electron chi connectivity index (χ0n) is 17.4. The van der Waals surface area contributed by atoms with Crippen LogP contribution in [0.4, 0.5) is 0 Å². The fourth-order valence-corrected chi connectivity index (χ4v) is 3.76. The van der Waals surface area contributed by atoms with Crippen molar-refractivity contribution in [1.29, 1.82) is 0 Å². The second-order valence-electron chi connectivity index (χ2n) is 7.47. The predicted octanol–water partition coefficient (Wildman–Crippen LogP) is 6.78. The maximum absolute atomic E-state index is 13.2. The highest BCUT2D eigenvalue weighted by molar-refractivity contribution is 9.10. The normalized spacial score (nSPS) is 12.7. The molecule has 1 atom stereocenters. The monoisotopic (exact) mass is 497 g/mol. The van der Waals surface area contributed by atoms with Crippen LogP contribution in [0.15, 0.2) is 67.3 Å². The number of hydrogen-bond acceptors (Lipinski definition) is 4. The summed E-state index contributed by atoms with van der Waals surface area (Å²) in [6.07, 6.45) is 2.38. The standard InChI is InChI=1S/C24H21BrClN3O2/c1-4-14(2)23-28-21-9-7-17(25)12-19(21)24(30)29(23)27-13-18-8-10-22(31-18)16-6-5-15(3)20(26)11-16/h5-14H,4H2,1-3H3/t14-/m1/s1. The van der Waals surface area contributed by atoms with E-state index in [1.807, 2.05) is 56.3 Å². The molecule has 0 aliphatic carbocycles. The lowest BCUT2D eigenvalue weighted by Gasteiger charge is -2.13. The lowest BCUT2D eigenvalue weighted by molar-refractivity contribution is 0.571. The molecular formula is C24H21BrClN3O2. The Hall–Kier alpha value is -2.70. The number of halogens is 2. The average molecular weight is 499 g/mol. The molecule has 0 spiro atoms. The van der Waals surface area contributed by atoms with Crippen LogP contribution in [0.5, 0.6) is 0 Å². The Bertz CT molecular complexity index is 1360. The molecule has 2 aromatic carbocycles. The minimum Gasteiger partial charge on any atom is -0.455 e. The average Bonchev–Trinajstić information content (AvgIpc) is 3.23. The molecule has 0 amide bonds. The third-order valence-electron chi connectivity index (χ3n) is 5.27. The number of hydrogen-bond donors (Lipinski definition) is 0. The van der Waals surface area contributed by atoms with Crippen molar-refractivity contribution < 1.29 is 4.42 Å². The van der Waals surface area contributed by atoms with Gasteiger partial charge in [-0.1, -0.05) is 53.5 Å². The number of aryl methyl sites for hydroxylation is 1. The van der Waals surface area contributed by atoms with E-state index in [2.05, 4.69) is 28.0 Å². The third-order valence-corrected chi connectivity index (χ3v) is 6.17. The SMILES string of the molecule is CC[C@@H](C)c1nc2ccc(Br)cc2c(=O)n1N=Cc1ccc(-c2ccc(C)c(Cl)c2)o1. The number of aromatic nitrogens is 2. The molecule has 2 aromatic heterocycles. The Morgan fingerprint density at radius 2 is 2.03 bits per heavy atom. The molecule has 2 heterocycles. The van der Waals surface area contributed by atoms with Gasteiger partial charge in [-0.2, -0.15) is 9.78 Å². The van der Waals surface area contributed by atoms with Crippen molar-refractivity contribution in [3.8, 4) is 11.3 Å². The Balaban J connectivity index is 1.75. The van der Waals surface area contributed by atoms with Gasteiger partial charge in [-0.25, -0.2) is 4.98 Å². The van der Waals surface area contributed by atoms with Crippen LogP contribution in [0.2, 0.25) is 5.02 Å². The molecule has 0 bridgehead atoms. The van der Waals surface area contributed by atoms with Crippen molar-refractivity contribution in [2.24, 2.45) is 5.10 Å². The molecular weight excluding hydrogens is 478 g/mol. The smallest absolute Gasteiger partial charge is 0.282 e. The van der Waals surface area contributed by atoms with Gasteiger partial charge in [0.1, 0.15) is 17.3 Å². The first-order chi connectivity index (χ1) is 14.9. The topological polar surface area (TPSA) is 60.4 Å². The maximum atomic E-state index is 13.2. The zero-order chi connectivity index (χ0) is 22.1. The van der Waals surface area contributed by atoms with E-state index in [0.717, 1.165) is 22.0 Å². The van der Waals surface area contributed by atoms with Gasteiger partial charge in [0.25, 0.3) is 5.56 Å². The van der Waals surface area contributed by atoms with Crippen LogP contribution in [0.25, 0.3) is 22.2 Å². The second kappa shape index (κ2) is 8.81. The van der Waals surface area contributed by atoms with E-state index >= 15 is 0 Å². The quantitative estimate of drug-likeness (QED) is 0.285. The summed E-state index contributed by atoms with van der Waals surface area (Å²) in [4.78, 5) is 17.9.